The van der Waals surface area contributed by atoms with Crippen LogP contribution >= 0.6 is 27.7 Å². The summed E-state index contributed by atoms with van der Waals surface area (Å²) in [5.74, 6) is 0.270. The van der Waals surface area contributed by atoms with E-state index in [1.165, 1.54) is 7.11 Å². The molecule has 0 bridgehead atoms. The van der Waals surface area contributed by atoms with Gasteiger partial charge < -0.3 is 4.74 Å². The highest BCUT2D eigenvalue weighted by atomic mass is 79.9. The number of aromatic nitrogens is 3. The summed E-state index contributed by atoms with van der Waals surface area (Å²) in [6.07, 6.45) is 3.61. The molecule has 90 valence electrons. The first kappa shape index (κ1) is 12.4. The van der Waals surface area contributed by atoms with E-state index in [4.69, 9.17) is 0 Å². The third-order valence-corrected chi connectivity index (χ3v) is 3.33. The van der Waals surface area contributed by atoms with Crippen LogP contribution in [-0.4, -0.2) is 34.1 Å². The molecule has 0 atom stereocenters. The Hall–Kier alpha value is -1.08. The van der Waals surface area contributed by atoms with Gasteiger partial charge in [0, 0.05) is 6.20 Å². The van der Waals surface area contributed by atoms with Crippen LogP contribution in [0.2, 0.25) is 0 Å². The Morgan fingerprint density at radius 2 is 2.41 bits per heavy atom. The third kappa shape index (κ3) is 2.30. The van der Waals surface area contributed by atoms with Gasteiger partial charge in [0.15, 0.2) is 5.69 Å². The first-order chi connectivity index (χ1) is 8.17. The Bertz CT molecular complexity index is 570. The lowest BCUT2D eigenvalue weighted by Gasteiger charge is -2.01. The first-order valence-electron chi connectivity index (χ1n) is 4.76. The predicted octanol–water partition coefficient (Wildman–Crippen LogP) is 2.30. The van der Waals surface area contributed by atoms with Gasteiger partial charge in [0.1, 0.15) is 4.60 Å². The third-order valence-electron chi connectivity index (χ3n) is 2.24. The quantitative estimate of drug-likeness (QED) is 0.813. The van der Waals surface area contributed by atoms with Crippen molar-refractivity contribution in [1.82, 2.24) is 14.8 Å². The Labute approximate surface area is 111 Å². The SMILES string of the molecule is COC(=O)c1cc2c(cn1)c(Br)nn2CSC. The molecule has 0 fully saturated rings. The minimum absolute atomic E-state index is 0.287. The minimum Gasteiger partial charge on any atom is -0.464 e. The molecule has 0 spiro atoms. The van der Waals surface area contributed by atoms with Crippen molar-refractivity contribution >= 4 is 44.6 Å². The number of hydrogen-bond acceptors (Lipinski definition) is 5. The zero-order valence-corrected chi connectivity index (χ0v) is 11.7. The number of nitrogens with zero attached hydrogens (tertiary/aromatic N) is 3. The molecule has 0 radical (unpaired) electrons. The predicted molar refractivity (Wildman–Crippen MR) is 70.1 cm³/mol. The molecule has 7 heteroatoms. The second kappa shape index (κ2) is 5.05. The van der Waals surface area contributed by atoms with Gasteiger partial charge in [-0.15, -0.1) is 11.8 Å². The molecule has 17 heavy (non-hydrogen) atoms. The minimum atomic E-state index is -0.445. The van der Waals surface area contributed by atoms with Crippen molar-refractivity contribution in [3.05, 3.63) is 22.6 Å². The molecular weight excluding hydrogens is 306 g/mol. The lowest BCUT2D eigenvalue weighted by Crippen LogP contribution is -2.04. The maximum atomic E-state index is 11.4. The lowest BCUT2D eigenvalue weighted by atomic mass is 10.3. The second-order valence-corrected chi connectivity index (χ2v) is 4.87. The van der Waals surface area contributed by atoms with Crippen LogP contribution < -0.4 is 0 Å². The molecular formula is C10H10BrN3O2S. The maximum Gasteiger partial charge on any atom is 0.356 e. The number of hydrogen-bond donors (Lipinski definition) is 0. The van der Waals surface area contributed by atoms with Crippen LogP contribution in [0.4, 0.5) is 0 Å². The van der Waals surface area contributed by atoms with E-state index in [-0.39, 0.29) is 5.69 Å². The Balaban J connectivity index is 2.57. The summed E-state index contributed by atoms with van der Waals surface area (Å²) < 4.78 is 7.19. The lowest BCUT2D eigenvalue weighted by molar-refractivity contribution is 0.0594. The van der Waals surface area contributed by atoms with Gasteiger partial charge in [-0.3, -0.25) is 4.68 Å². The molecule has 0 amide bonds. The van der Waals surface area contributed by atoms with Crippen molar-refractivity contribution in [2.75, 3.05) is 13.4 Å². The topological polar surface area (TPSA) is 57.0 Å². The molecule has 0 N–H and O–H groups in total. The van der Waals surface area contributed by atoms with Crippen LogP contribution in [-0.2, 0) is 10.6 Å². The van der Waals surface area contributed by atoms with Gasteiger partial charge in [0.05, 0.1) is 23.9 Å². The van der Waals surface area contributed by atoms with E-state index in [2.05, 4.69) is 30.7 Å². The molecule has 0 aliphatic rings. The van der Waals surface area contributed by atoms with E-state index in [9.17, 15) is 4.79 Å². The van der Waals surface area contributed by atoms with Crippen molar-refractivity contribution in [3.63, 3.8) is 0 Å². The molecule has 2 rings (SSSR count). The molecule has 2 aromatic rings. The van der Waals surface area contributed by atoms with Gasteiger partial charge in [-0.1, -0.05) is 0 Å². The number of esters is 1. The number of thioether (sulfide) groups is 1. The first-order valence-corrected chi connectivity index (χ1v) is 6.95. The number of carbonyl (C=O) groups is 1. The van der Waals surface area contributed by atoms with Crippen molar-refractivity contribution in [1.29, 1.82) is 0 Å². The summed E-state index contributed by atoms with van der Waals surface area (Å²) in [6.45, 7) is 0. The highest BCUT2D eigenvalue weighted by molar-refractivity contribution is 9.10. The molecule has 0 unspecified atom stereocenters. The summed E-state index contributed by atoms with van der Waals surface area (Å²) in [6, 6.07) is 1.69. The van der Waals surface area contributed by atoms with Gasteiger partial charge in [0.25, 0.3) is 0 Å². The maximum absolute atomic E-state index is 11.4. The molecule has 0 aromatic carbocycles. The van der Waals surface area contributed by atoms with Crippen LogP contribution in [0.25, 0.3) is 10.9 Å². The van der Waals surface area contributed by atoms with Gasteiger partial charge in [-0.05, 0) is 28.3 Å². The smallest absolute Gasteiger partial charge is 0.356 e. The van der Waals surface area contributed by atoms with Gasteiger partial charge in [-0.25, -0.2) is 9.78 Å². The van der Waals surface area contributed by atoms with E-state index >= 15 is 0 Å². The molecule has 0 aliphatic carbocycles. The summed E-state index contributed by atoms with van der Waals surface area (Å²) in [7, 11) is 1.34. The van der Waals surface area contributed by atoms with E-state index in [0.717, 1.165) is 15.5 Å². The zero-order valence-electron chi connectivity index (χ0n) is 9.31. The van der Waals surface area contributed by atoms with Crippen molar-refractivity contribution in [2.45, 2.75) is 5.88 Å². The molecule has 2 aromatic heterocycles. The molecule has 5 nitrogen and oxygen atoms in total. The monoisotopic (exact) mass is 315 g/mol. The Kier molecular flexibility index (Phi) is 3.68. The largest absolute Gasteiger partial charge is 0.464 e. The van der Waals surface area contributed by atoms with E-state index in [1.54, 1.807) is 24.0 Å². The highest BCUT2D eigenvalue weighted by Gasteiger charge is 2.13. The number of carbonyl (C=O) groups excluding carboxylic acids is 1. The summed E-state index contributed by atoms with van der Waals surface area (Å²) in [5.41, 5.74) is 1.15. The molecule has 2 heterocycles. The summed E-state index contributed by atoms with van der Waals surface area (Å²) >= 11 is 5.01. The number of pyridine rings is 1. The van der Waals surface area contributed by atoms with Crippen LogP contribution in [0.5, 0.6) is 0 Å². The van der Waals surface area contributed by atoms with Gasteiger partial charge in [-0.2, -0.15) is 5.10 Å². The second-order valence-electron chi connectivity index (χ2n) is 3.29. The Morgan fingerprint density at radius 3 is 3.06 bits per heavy atom. The van der Waals surface area contributed by atoms with Crippen molar-refractivity contribution in [2.24, 2.45) is 0 Å². The zero-order chi connectivity index (χ0) is 12.4. The number of fused-ring (bicyclic) bond motifs is 1. The normalized spacial score (nSPS) is 10.8. The van der Waals surface area contributed by atoms with Crippen molar-refractivity contribution in [3.8, 4) is 0 Å². The molecule has 0 saturated heterocycles. The van der Waals surface area contributed by atoms with E-state index < -0.39 is 5.97 Å². The summed E-state index contributed by atoms with van der Waals surface area (Å²) in [4.78, 5) is 15.4. The van der Waals surface area contributed by atoms with Crippen LogP contribution in [0.1, 0.15) is 10.5 Å². The average molecular weight is 316 g/mol. The highest BCUT2D eigenvalue weighted by Crippen LogP contribution is 2.24. The fourth-order valence-electron chi connectivity index (χ4n) is 1.47. The fraction of sp³-hybridized carbons (Fsp3) is 0.300. The number of rotatable bonds is 3. The summed E-state index contributed by atoms with van der Waals surface area (Å²) in [5, 5.41) is 5.21. The van der Waals surface area contributed by atoms with E-state index in [1.807, 2.05) is 10.9 Å². The van der Waals surface area contributed by atoms with Crippen LogP contribution in [0.3, 0.4) is 0 Å². The van der Waals surface area contributed by atoms with Crippen molar-refractivity contribution < 1.29 is 9.53 Å². The van der Waals surface area contributed by atoms with Crippen LogP contribution in [0, 0.1) is 0 Å². The number of methoxy groups -OCH3 is 1. The molecule has 0 saturated carbocycles. The number of halogens is 1. The Morgan fingerprint density at radius 1 is 1.65 bits per heavy atom. The van der Waals surface area contributed by atoms with Crippen LogP contribution in [0.15, 0.2) is 16.9 Å². The fourth-order valence-corrected chi connectivity index (χ4v) is 2.41. The standard InChI is InChI=1S/C10H10BrN3O2S/c1-16-10(15)7-3-8-6(4-12-7)9(11)13-14(8)5-17-2/h3-4H,5H2,1-2H3. The number of ether oxygens (including phenoxy) is 1. The van der Waals surface area contributed by atoms with Gasteiger partial charge >= 0.3 is 5.97 Å². The molecule has 0 aliphatic heterocycles. The van der Waals surface area contributed by atoms with E-state index in [0.29, 0.717) is 5.88 Å². The van der Waals surface area contributed by atoms with Gasteiger partial charge in [0.2, 0.25) is 0 Å². The average Bonchev–Trinajstić information content (AvgIpc) is 2.65.